The number of benzene rings is 2. The second kappa shape index (κ2) is 6.01. The predicted molar refractivity (Wildman–Crippen MR) is 85.5 cm³/mol. The van der Waals surface area contributed by atoms with Gasteiger partial charge in [-0.1, -0.05) is 18.2 Å². The van der Waals surface area contributed by atoms with Crippen LogP contribution in [0.25, 0.3) is 11.3 Å². The average molecular weight is 363 g/mol. The van der Waals surface area contributed by atoms with Crippen LogP contribution in [0.4, 0.5) is 8.78 Å². The van der Waals surface area contributed by atoms with Gasteiger partial charge < -0.3 is 0 Å². The molecule has 0 bridgehead atoms. The van der Waals surface area contributed by atoms with Gasteiger partial charge in [0, 0.05) is 17.3 Å². The zero-order valence-electron chi connectivity index (χ0n) is 11.8. The molecule has 22 heavy (non-hydrogen) atoms. The van der Waals surface area contributed by atoms with Crippen LogP contribution in [-0.2, 0) is 0 Å². The summed E-state index contributed by atoms with van der Waals surface area (Å²) >= 11 is 3.46. The van der Waals surface area contributed by atoms with Crippen molar-refractivity contribution in [1.82, 2.24) is 9.78 Å². The summed E-state index contributed by atoms with van der Waals surface area (Å²) in [4.78, 5) is 0. The molecule has 3 aromatic rings. The zero-order valence-corrected chi connectivity index (χ0v) is 13.4. The van der Waals surface area contributed by atoms with Crippen molar-refractivity contribution in [3.8, 4) is 11.3 Å². The Balaban J connectivity index is 1.98. The lowest BCUT2D eigenvalue weighted by Gasteiger charge is -2.13. The molecule has 2 nitrogen and oxygen atoms in total. The van der Waals surface area contributed by atoms with Gasteiger partial charge in [-0.05, 0) is 53.2 Å². The molecule has 0 N–H and O–H groups in total. The fraction of sp³-hybridized carbons (Fsp3) is 0.118. The molecular weight excluding hydrogens is 350 g/mol. The van der Waals surface area contributed by atoms with Crippen LogP contribution in [0.15, 0.2) is 59.2 Å². The van der Waals surface area contributed by atoms with E-state index in [0.29, 0.717) is 11.3 Å². The molecule has 0 aliphatic rings. The van der Waals surface area contributed by atoms with Crippen molar-refractivity contribution in [2.75, 3.05) is 0 Å². The molecule has 0 saturated carbocycles. The highest BCUT2D eigenvalue weighted by Crippen LogP contribution is 2.30. The Morgan fingerprint density at radius 3 is 2.41 bits per heavy atom. The van der Waals surface area contributed by atoms with E-state index in [1.807, 2.05) is 6.92 Å². The molecule has 0 aliphatic carbocycles. The summed E-state index contributed by atoms with van der Waals surface area (Å²) in [6.07, 6.45) is 1.80. The van der Waals surface area contributed by atoms with Crippen molar-refractivity contribution in [2.24, 2.45) is 0 Å². The van der Waals surface area contributed by atoms with Crippen LogP contribution >= 0.6 is 15.9 Å². The molecule has 0 amide bonds. The Morgan fingerprint density at radius 2 is 1.73 bits per heavy atom. The van der Waals surface area contributed by atoms with E-state index in [1.165, 1.54) is 18.2 Å². The molecule has 0 fully saturated rings. The van der Waals surface area contributed by atoms with Gasteiger partial charge in [0.1, 0.15) is 17.3 Å². The molecule has 1 atom stereocenters. The van der Waals surface area contributed by atoms with E-state index in [2.05, 4.69) is 21.0 Å². The van der Waals surface area contributed by atoms with Gasteiger partial charge in [0.2, 0.25) is 0 Å². The summed E-state index contributed by atoms with van der Waals surface area (Å²) in [6.45, 7) is 1.88. The first kappa shape index (κ1) is 14.9. The van der Waals surface area contributed by atoms with Crippen LogP contribution in [0.1, 0.15) is 18.5 Å². The van der Waals surface area contributed by atoms with Gasteiger partial charge >= 0.3 is 0 Å². The van der Waals surface area contributed by atoms with Crippen LogP contribution < -0.4 is 0 Å². The largest absolute Gasteiger partial charge is 0.264 e. The zero-order chi connectivity index (χ0) is 15.7. The van der Waals surface area contributed by atoms with Gasteiger partial charge in [0.25, 0.3) is 0 Å². The number of hydrogen-bond acceptors (Lipinski definition) is 1. The van der Waals surface area contributed by atoms with Crippen LogP contribution in [0.5, 0.6) is 0 Å². The van der Waals surface area contributed by atoms with Crippen molar-refractivity contribution in [2.45, 2.75) is 13.0 Å². The first-order chi connectivity index (χ1) is 10.6. The van der Waals surface area contributed by atoms with Gasteiger partial charge in [-0.15, -0.1) is 0 Å². The molecule has 5 heteroatoms. The predicted octanol–water partition coefficient (Wildman–Crippen LogP) is 5.20. The first-order valence-corrected chi connectivity index (χ1v) is 7.60. The van der Waals surface area contributed by atoms with Crippen LogP contribution in [0.2, 0.25) is 0 Å². The molecule has 0 aliphatic heterocycles. The molecule has 112 valence electrons. The number of halogens is 3. The fourth-order valence-corrected chi connectivity index (χ4v) is 2.85. The summed E-state index contributed by atoms with van der Waals surface area (Å²) in [5.41, 5.74) is 2.07. The van der Waals surface area contributed by atoms with Crippen LogP contribution in [0.3, 0.4) is 0 Å². The van der Waals surface area contributed by atoms with Gasteiger partial charge in [0.15, 0.2) is 0 Å². The molecule has 1 heterocycles. The number of nitrogens with zero attached hydrogens (tertiary/aromatic N) is 2. The highest BCUT2D eigenvalue weighted by molar-refractivity contribution is 9.10. The lowest BCUT2D eigenvalue weighted by molar-refractivity contribution is 0.522. The molecule has 0 saturated heterocycles. The third-order valence-corrected chi connectivity index (χ3v) is 4.14. The SMILES string of the molecule is CC(c1ccccc1F)n1cc(Br)c(-c2ccc(F)cc2)n1. The number of rotatable bonds is 3. The van der Waals surface area contributed by atoms with Crippen molar-refractivity contribution < 1.29 is 8.78 Å². The standard InChI is InChI=1S/C17H13BrF2N2/c1-11(14-4-2-3-5-16(14)20)22-10-15(18)17(21-22)12-6-8-13(19)9-7-12/h2-11H,1H3. The average Bonchev–Trinajstić information content (AvgIpc) is 2.90. The highest BCUT2D eigenvalue weighted by Gasteiger charge is 2.16. The van der Waals surface area contributed by atoms with Gasteiger partial charge in [0.05, 0.1) is 10.5 Å². The van der Waals surface area contributed by atoms with Crippen molar-refractivity contribution in [3.63, 3.8) is 0 Å². The first-order valence-electron chi connectivity index (χ1n) is 6.81. The minimum Gasteiger partial charge on any atom is -0.264 e. The second-order valence-corrected chi connectivity index (χ2v) is 5.86. The minimum absolute atomic E-state index is 0.244. The Kier molecular flexibility index (Phi) is 4.07. The topological polar surface area (TPSA) is 17.8 Å². The van der Waals surface area contributed by atoms with E-state index < -0.39 is 0 Å². The molecular formula is C17H13BrF2N2. The Bertz CT molecular complexity index is 797. The lowest BCUT2D eigenvalue weighted by Crippen LogP contribution is -2.09. The summed E-state index contributed by atoms with van der Waals surface area (Å²) in [5, 5.41) is 4.51. The Labute approximate surface area is 135 Å². The fourth-order valence-electron chi connectivity index (χ4n) is 2.33. The Morgan fingerprint density at radius 1 is 1.05 bits per heavy atom. The van der Waals surface area contributed by atoms with Crippen molar-refractivity contribution in [3.05, 3.63) is 76.4 Å². The van der Waals surface area contributed by atoms with Crippen LogP contribution in [-0.4, -0.2) is 9.78 Å². The monoisotopic (exact) mass is 362 g/mol. The summed E-state index contributed by atoms with van der Waals surface area (Å²) in [6, 6.07) is 12.5. The van der Waals surface area contributed by atoms with Crippen molar-refractivity contribution >= 4 is 15.9 Å². The quantitative estimate of drug-likeness (QED) is 0.626. The van der Waals surface area contributed by atoms with Crippen LogP contribution in [0, 0.1) is 11.6 Å². The summed E-state index contributed by atoms with van der Waals surface area (Å²) < 4.78 is 29.4. The maximum Gasteiger partial charge on any atom is 0.128 e. The molecule has 0 radical (unpaired) electrons. The van der Waals surface area contributed by atoms with Crippen molar-refractivity contribution in [1.29, 1.82) is 0 Å². The normalized spacial score (nSPS) is 12.4. The van der Waals surface area contributed by atoms with E-state index in [0.717, 1.165) is 10.0 Å². The third-order valence-electron chi connectivity index (χ3n) is 3.56. The van der Waals surface area contributed by atoms with E-state index >= 15 is 0 Å². The molecule has 3 rings (SSSR count). The van der Waals surface area contributed by atoms with E-state index in [-0.39, 0.29) is 17.7 Å². The Hall–Kier alpha value is -2.01. The van der Waals surface area contributed by atoms with E-state index in [1.54, 1.807) is 41.2 Å². The van der Waals surface area contributed by atoms with Gasteiger partial charge in [-0.25, -0.2) is 8.78 Å². The van der Waals surface area contributed by atoms with Gasteiger partial charge in [-0.3, -0.25) is 4.68 Å². The minimum atomic E-state index is -0.293. The third kappa shape index (κ3) is 2.81. The maximum atomic E-state index is 13.9. The lowest BCUT2D eigenvalue weighted by atomic mass is 10.1. The second-order valence-electron chi connectivity index (χ2n) is 5.01. The smallest absolute Gasteiger partial charge is 0.128 e. The molecule has 1 aromatic heterocycles. The molecule has 0 spiro atoms. The molecule has 2 aromatic carbocycles. The maximum absolute atomic E-state index is 13.9. The molecule has 1 unspecified atom stereocenters. The summed E-state index contributed by atoms with van der Waals surface area (Å²) in [7, 11) is 0. The number of aromatic nitrogens is 2. The van der Waals surface area contributed by atoms with Gasteiger partial charge in [-0.2, -0.15) is 5.10 Å². The van der Waals surface area contributed by atoms with E-state index in [4.69, 9.17) is 0 Å². The van der Waals surface area contributed by atoms with E-state index in [9.17, 15) is 8.78 Å². The summed E-state index contributed by atoms with van der Waals surface area (Å²) in [5.74, 6) is -0.552. The number of hydrogen-bond donors (Lipinski definition) is 0. The highest BCUT2D eigenvalue weighted by atomic mass is 79.9.